The monoisotopic (exact) mass is 318 g/mol. The maximum absolute atomic E-state index is 12.9. The molecular formula is C16H15FN2O2S. The summed E-state index contributed by atoms with van der Waals surface area (Å²) >= 11 is 1.51. The summed E-state index contributed by atoms with van der Waals surface area (Å²) in [6.45, 7) is 0.464. The number of nitrogens with zero attached hydrogens (tertiary/aromatic N) is 1. The highest BCUT2D eigenvalue weighted by Gasteiger charge is 2.13. The Morgan fingerprint density at radius 2 is 2.09 bits per heavy atom. The topological polar surface area (TPSA) is 58.3 Å². The zero-order valence-electron chi connectivity index (χ0n) is 11.7. The van der Waals surface area contributed by atoms with Gasteiger partial charge in [0.05, 0.1) is 24.6 Å². The van der Waals surface area contributed by atoms with E-state index in [1.54, 1.807) is 24.5 Å². The Morgan fingerprint density at radius 1 is 1.27 bits per heavy atom. The minimum atomic E-state index is -0.258. The van der Waals surface area contributed by atoms with E-state index in [1.807, 2.05) is 11.4 Å². The molecule has 0 saturated carbocycles. The number of aliphatic hydroxyl groups excluding tert-OH is 1. The van der Waals surface area contributed by atoms with Crippen molar-refractivity contribution in [1.82, 2.24) is 10.3 Å². The van der Waals surface area contributed by atoms with Crippen molar-refractivity contribution in [2.45, 2.75) is 12.6 Å². The summed E-state index contributed by atoms with van der Waals surface area (Å²) in [5.41, 5.74) is 1.76. The first-order chi connectivity index (χ1) is 10.8. The van der Waals surface area contributed by atoms with Gasteiger partial charge in [0.2, 0.25) is 0 Å². The van der Waals surface area contributed by atoms with Gasteiger partial charge >= 0.3 is 0 Å². The molecular weight excluding hydrogens is 303 g/mol. The average Bonchev–Trinajstić information content (AvgIpc) is 3.20. The third-order valence-corrected chi connectivity index (χ3v) is 4.18. The molecule has 2 aromatic heterocycles. The highest BCUT2D eigenvalue weighted by molar-refractivity contribution is 7.13. The molecule has 0 saturated heterocycles. The van der Waals surface area contributed by atoms with Crippen LogP contribution in [0.1, 0.15) is 17.5 Å². The largest absolute Gasteiger partial charge is 0.468 e. The first kappa shape index (κ1) is 14.9. The van der Waals surface area contributed by atoms with Crippen molar-refractivity contribution in [3.8, 4) is 10.6 Å². The molecule has 0 aliphatic rings. The number of benzene rings is 1. The fourth-order valence-corrected chi connectivity index (χ4v) is 2.91. The van der Waals surface area contributed by atoms with Gasteiger partial charge in [-0.1, -0.05) is 0 Å². The number of thiazole rings is 1. The van der Waals surface area contributed by atoms with Crippen LogP contribution >= 0.6 is 11.3 Å². The summed E-state index contributed by atoms with van der Waals surface area (Å²) in [5.74, 6) is 0.433. The molecule has 114 valence electrons. The van der Waals surface area contributed by atoms with Crippen LogP contribution in [-0.2, 0) is 6.54 Å². The van der Waals surface area contributed by atoms with Gasteiger partial charge in [-0.25, -0.2) is 9.37 Å². The van der Waals surface area contributed by atoms with E-state index in [0.29, 0.717) is 12.3 Å². The molecule has 4 nitrogen and oxygen atoms in total. The Kier molecular flexibility index (Phi) is 4.62. The standard InChI is InChI=1S/C16H15FN2O2S/c17-12-5-3-11(4-6-12)16-19-13(10-22-16)8-18-14(9-20)15-2-1-7-21-15/h1-7,10,14,18,20H,8-9H2. The van der Waals surface area contributed by atoms with Gasteiger partial charge in [-0.3, -0.25) is 5.32 Å². The van der Waals surface area contributed by atoms with Crippen molar-refractivity contribution >= 4 is 11.3 Å². The van der Waals surface area contributed by atoms with Gasteiger partial charge < -0.3 is 9.52 Å². The number of halogens is 1. The van der Waals surface area contributed by atoms with Crippen molar-refractivity contribution in [2.24, 2.45) is 0 Å². The molecule has 0 fully saturated rings. The predicted octanol–water partition coefficient (Wildman–Crippen LogP) is 3.37. The highest BCUT2D eigenvalue weighted by atomic mass is 32.1. The predicted molar refractivity (Wildman–Crippen MR) is 82.9 cm³/mol. The molecule has 1 aromatic carbocycles. The average molecular weight is 318 g/mol. The lowest BCUT2D eigenvalue weighted by atomic mass is 10.2. The zero-order valence-corrected chi connectivity index (χ0v) is 12.5. The van der Waals surface area contributed by atoms with E-state index in [9.17, 15) is 9.50 Å². The molecule has 3 rings (SSSR count). The van der Waals surface area contributed by atoms with Gasteiger partial charge in [0.1, 0.15) is 16.6 Å². The van der Waals surface area contributed by atoms with Crippen LogP contribution in [0.4, 0.5) is 4.39 Å². The van der Waals surface area contributed by atoms with E-state index in [0.717, 1.165) is 16.3 Å². The summed E-state index contributed by atoms with van der Waals surface area (Å²) in [4.78, 5) is 4.52. The third-order valence-electron chi connectivity index (χ3n) is 3.24. The molecule has 1 atom stereocenters. The van der Waals surface area contributed by atoms with Gasteiger partial charge in [0.25, 0.3) is 0 Å². The van der Waals surface area contributed by atoms with E-state index in [4.69, 9.17) is 4.42 Å². The first-order valence-electron chi connectivity index (χ1n) is 6.84. The summed E-state index contributed by atoms with van der Waals surface area (Å²) < 4.78 is 18.2. The maximum atomic E-state index is 12.9. The fraction of sp³-hybridized carbons (Fsp3) is 0.188. The van der Waals surface area contributed by atoms with Crippen molar-refractivity contribution in [3.63, 3.8) is 0 Å². The van der Waals surface area contributed by atoms with Crippen LogP contribution in [0.15, 0.2) is 52.5 Å². The second-order valence-electron chi connectivity index (χ2n) is 4.78. The Labute approximate surface area is 131 Å². The quantitative estimate of drug-likeness (QED) is 0.731. The molecule has 1 unspecified atom stereocenters. The molecule has 2 N–H and O–H groups in total. The smallest absolute Gasteiger partial charge is 0.123 e. The van der Waals surface area contributed by atoms with E-state index in [-0.39, 0.29) is 18.5 Å². The van der Waals surface area contributed by atoms with Crippen molar-refractivity contribution in [1.29, 1.82) is 0 Å². The Hall–Kier alpha value is -2.02. The molecule has 2 heterocycles. The van der Waals surface area contributed by atoms with Crippen LogP contribution in [0.25, 0.3) is 10.6 Å². The molecule has 0 amide bonds. The number of hydrogen-bond donors (Lipinski definition) is 2. The lowest BCUT2D eigenvalue weighted by Gasteiger charge is -2.12. The summed E-state index contributed by atoms with van der Waals surface area (Å²) in [7, 11) is 0. The normalized spacial score (nSPS) is 12.5. The van der Waals surface area contributed by atoms with Gasteiger partial charge in [-0.15, -0.1) is 11.3 Å². The number of aliphatic hydroxyl groups is 1. The Balaban J connectivity index is 1.65. The molecule has 0 bridgehead atoms. The Morgan fingerprint density at radius 3 is 2.77 bits per heavy atom. The van der Waals surface area contributed by atoms with E-state index < -0.39 is 0 Å². The minimum absolute atomic E-state index is 0.0531. The molecule has 0 aliphatic heterocycles. The first-order valence-corrected chi connectivity index (χ1v) is 7.72. The molecule has 3 aromatic rings. The van der Waals surface area contributed by atoms with Gasteiger partial charge in [0.15, 0.2) is 0 Å². The van der Waals surface area contributed by atoms with Crippen LogP contribution in [0, 0.1) is 5.82 Å². The van der Waals surface area contributed by atoms with Gasteiger partial charge in [-0.2, -0.15) is 0 Å². The summed E-state index contributed by atoms with van der Waals surface area (Å²) in [6, 6.07) is 9.62. The van der Waals surface area contributed by atoms with Crippen molar-refractivity contribution in [3.05, 3.63) is 65.3 Å². The second-order valence-corrected chi connectivity index (χ2v) is 5.64. The molecule has 22 heavy (non-hydrogen) atoms. The molecule has 0 aliphatic carbocycles. The van der Waals surface area contributed by atoms with Gasteiger partial charge in [0, 0.05) is 17.5 Å². The van der Waals surface area contributed by atoms with Crippen LogP contribution in [0.5, 0.6) is 0 Å². The minimum Gasteiger partial charge on any atom is -0.468 e. The number of rotatable bonds is 6. The molecule has 6 heteroatoms. The number of hydrogen-bond acceptors (Lipinski definition) is 5. The fourth-order valence-electron chi connectivity index (χ4n) is 2.09. The van der Waals surface area contributed by atoms with E-state index >= 15 is 0 Å². The summed E-state index contributed by atoms with van der Waals surface area (Å²) in [6.07, 6.45) is 1.58. The van der Waals surface area contributed by atoms with Gasteiger partial charge in [-0.05, 0) is 36.4 Å². The maximum Gasteiger partial charge on any atom is 0.123 e. The highest BCUT2D eigenvalue weighted by Crippen LogP contribution is 2.24. The Bertz CT molecular complexity index is 710. The van der Waals surface area contributed by atoms with E-state index in [2.05, 4.69) is 10.3 Å². The lowest BCUT2D eigenvalue weighted by Crippen LogP contribution is -2.23. The van der Waals surface area contributed by atoms with Crippen molar-refractivity contribution < 1.29 is 13.9 Å². The SMILES string of the molecule is OCC(NCc1csc(-c2ccc(F)cc2)n1)c1ccco1. The number of furan rings is 1. The van der Waals surface area contributed by atoms with Crippen LogP contribution in [0.2, 0.25) is 0 Å². The molecule has 0 spiro atoms. The summed E-state index contributed by atoms with van der Waals surface area (Å²) in [5, 5.41) is 15.4. The molecule has 0 radical (unpaired) electrons. The third kappa shape index (κ3) is 3.41. The number of nitrogens with one attached hydrogen (secondary N) is 1. The van der Waals surface area contributed by atoms with E-state index in [1.165, 1.54) is 23.5 Å². The van der Waals surface area contributed by atoms with Crippen LogP contribution < -0.4 is 5.32 Å². The zero-order chi connectivity index (χ0) is 15.4. The van der Waals surface area contributed by atoms with Crippen molar-refractivity contribution in [2.75, 3.05) is 6.61 Å². The number of aromatic nitrogens is 1. The van der Waals surface area contributed by atoms with Crippen LogP contribution in [-0.4, -0.2) is 16.7 Å². The lowest BCUT2D eigenvalue weighted by molar-refractivity contribution is 0.225. The van der Waals surface area contributed by atoms with Crippen LogP contribution in [0.3, 0.4) is 0 Å². The second kappa shape index (κ2) is 6.83.